The second kappa shape index (κ2) is 6.03. The van der Waals surface area contributed by atoms with Crippen LogP contribution in [-0.2, 0) is 6.42 Å². The average Bonchev–Trinajstić information content (AvgIpc) is 2.40. The van der Waals surface area contributed by atoms with Crippen LogP contribution < -0.4 is 5.73 Å². The van der Waals surface area contributed by atoms with Crippen LogP contribution in [0.5, 0.6) is 0 Å². The van der Waals surface area contributed by atoms with Crippen molar-refractivity contribution in [2.75, 3.05) is 0 Å². The Morgan fingerprint density at radius 3 is 2.32 bits per heavy atom. The molecule has 19 heavy (non-hydrogen) atoms. The molecule has 0 amide bonds. The van der Waals surface area contributed by atoms with Gasteiger partial charge in [-0.05, 0) is 61.4 Å². The fourth-order valence-corrected chi connectivity index (χ4v) is 2.53. The Hall–Kier alpha value is -1.60. The molecule has 100 valence electrons. The van der Waals surface area contributed by atoms with Gasteiger partial charge in [-0.3, -0.25) is 0 Å². The Balaban J connectivity index is 2.08. The summed E-state index contributed by atoms with van der Waals surface area (Å²) in [5.74, 6) is 0. The van der Waals surface area contributed by atoms with Crippen molar-refractivity contribution >= 4 is 0 Å². The first-order valence-corrected chi connectivity index (χ1v) is 6.96. The van der Waals surface area contributed by atoms with Gasteiger partial charge in [0, 0.05) is 6.04 Å². The van der Waals surface area contributed by atoms with E-state index in [9.17, 15) is 0 Å². The van der Waals surface area contributed by atoms with E-state index in [0.29, 0.717) is 0 Å². The lowest BCUT2D eigenvalue weighted by molar-refractivity contribution is 0.646. The van der Waals surface area contributed by atoms with E-state index in [2.05, 4.69) is 63.2 Å². The maximum Gasteiger partial charge on any atom is 0.0300 e. The summed E-state index contributed by atoms with van der Waals surface area (Å²) in [7, 11) is 0. The lowest BCUT2D eigenvalue weighted by Crippen LogP contribution is -2.13. The van der Waals surface area contributed by atoms with E-state index >= 15 is 0 Å². The van der Waals surface area contributed by atoms with Crippen molar-refractivity contribution in [1.29, 1.82) is 0 Å². The Morgan fingerprint density at radius 1 is 0.895 bits per heavy atom. The lowest BCUT2D eigenvalue weighted by atomic mass is 9.93. The molecular formula is C18H23N. The standard InChI is InChI=1S/C18H23N/c1-13-8-6-10-17(15(13)3)18(19)12-11-16-9-5-4-7-14(16)2/h4-10,18H,11-12,19H2,1-3H3. The Morgan fingerprint density at radius 2 is 1.58 bits per heavy atom. The zero-order valence-electron chi connectivity index (χ0n) is 12.1. The minimum atomic E-state index is 0.125. The number of rotatable bonds is 4. The first kappa shape index (κ1) is 13.8. The van der Waals surface area contributed by atoms with Crippen molar-refractivity contribution in [1.82, 2.24) is 0 Å². The third-order valence-electron chi connectivity index (χ3n) is 4.03. The van der Waals surface area contributed by atoms with Crippen LogP contribution in [0.25, 0.3) is 0 Å². The Bertz CT molecular complexity index is 557. The highest BCUT2D eigenvalue weighted by molar-refractivity contribution is 5.35. The van der Waals surface area contributed by atoms with E-state index in [1.54, 1.807) is 0 Å². The van der Waals surface area contributed by atoms with E-state index in [1.165, 1.54) is 27.8 Å². The van der Waals surface area contributed by atoms with E-state index in [-0.39, 0.29) is 6.04 Å². The molecule has 0 saturated heterocycles. The maximum absolute atomic E-state index is 6.36. The molecule has 0 bridgehead atoms. The second-order valence-electron chi connectivity index (χ2n) is 5.36. The summed E-state index contributed by atoms with van der Waals surface area (Å²) < 4.78 is 0. The number of benzene rings is 2. The highest BCUT2D eigenvalue weighted by Crippen LogP contribution is 2.23. The third kappa shape index (κ3) is 3.24. The minimum absolute atomic E-state index is 0.125. The molecular weight excluding hydrogens is 230 g/mol. The van der Waals surface area contributed by atoms with Crippen molar-refractivity contribution in [3.63, 3.8) is 0 Å². The van der Waals surface area contributed by atoms with Crippen LogP contribution in [0.3, 0.4) is 0 Å². The molecule has 1 atom stereocenters. The van der Waals surface area contributed by atoms with Gasteiger partial charge < -0.3 is 5.73 Å². The molecule has 2 rings (SSSR count). The molecule has 2 aromatic carbocycles. The zero-order chi connectivity index (χ0) is 13.8. The molecule has 0 spiro atoms. The Kier molecular flexibility index (Phi) is 4.39. The van der Waals surface area contributed by atoms with Crippen molar-refractivity contribution in [2.45, 2.75) is 39.7 Å². The van der Waals surface area contributed by atoms with Crippen LogP contribution in [0.2, 0.25) is 0 Å². The molecule has 0 aliphatic rings. The van der Waals surface area contributed by atoms with Gasteiger partial charge in [-0.25, -0.2) is 0 Å². The molecule has 1 heteroatoms. The molecule has 0 radical (unpaired) electrons. The van der Waals surface area contributed by atoms with Gasteiger partial charge in [0.2, 0.25) is 0 Å². The highest BCUT2D eigenvalue weighted by atomic mass is 14.6. The van der Waals surface area contributed by atoms with Gasteiger partial charge in [-0.1, -0.05) is 42.5 Å². The van der Waals surface area contributed by atoms with E-state index in [0.717, 1.165) is 12.8 Å². The SMILES string of the molecule is Cc1ccccc1CCC(N)c1cccc(C)c1C. The number of hydrogen-bond acceptors (Lipinski definition) is 1. The smallest absolute Gasteiger partial charge is 0.0300 e. The molecule has 0 fully saturated rings. The third-order valence-corrected chi connectivity index (χ3v) is 4.03. The summed E-state index contributed by atoms with van der Waals surface area (Å²) in [5, 5.41) is 0. The summed E-state index contributed by atoms with van der Waals surface area (Å²) in [4.78, 5) is 0. The molecule has 0 aliphatic heterocycles. The van der Waals surface area contributed by atoms with Crippen LogP contribution in [0.1, 0.15) is 40.3 Å². The molecule has 2 aromatic rings. The first-order chi connectivity index (χ1) is 9.09. The largest absolute Gasteiger partial charge is 0.324 e. The molecule has 2 N–H and O–H groups in total. The van der Waals surface area contributed by atoms with E-state index in [4.69, 9.17) is 5.73 Å². The number of aryl methyl sites for hydroxylation is 3. The van der Waals surface area contributed by atoms with Gasteiger partial charge in [0.25, 0.3) is 0 Å². The molecule has 0 aromatic heterocycles. The fourth-order valence-electron chi connectivity index (χ4n) is 2.53. The van der Waals surface area contributed by atoms with Crippen LogP contribution >= 0.6 is 0 Å². The summed E-state index contributed by atoms with van der Waals surface area (Å²) in [6, 6.07) is 15.1. The van der Waals surface area contributed by atoms with E-state index < -0.39 is 0 Å². The summed E-state index contributed by atoms with van der Waals surface area (Å²) >= 11 is 0. The first-order valence-electron chi connectivity index (χ1n) is 6.96. The second-order valence-corrected chi connectivity index (χ2v) is 5.36. The van der Waals surface area contributed by atoms with Crippen LogP contribution in [0.15, 0.2) is 42.5 Å². The van der Waals surface area contributed by atoms with Gasteiger partial charge in [0.05, 0.1) is 0 Å². The highest BCUT2D eigenvalue weighted by Gasteiger charge is 2.10. The topological polar surface area (TPSA) is 26.0 Å². The Labute approximate surface area is 116 Å². The normalized spacial score (nSPS) is 12.4. The molecule has 0 saturated carbocycles. The van der Waals surface area contributed by atoms with Gasteiger partial charge in [0.15, 0.2) is 0 Å². The van der Waals surface area contributed by atoms with E-state index in [1.807, 2.05) is 0 Å². The lowest BCUT2D eigenvalue weighted by Gasteiger charge is -2.16. The molecule has 0 aliphatic carbocycles. The quantitative estimate of drug-likeness (QED) is 0.866. The van der Waals surface area contributed by atoms with Gasteiger partial charge in [0.1, 0.15) is 0 Å². The summed E-state index contributed by atoms with van der Waals surface area (Å²) in [6.07, 6.45) is 2.04. The minimum Gasteiger partial charge on any atom is -0.324 e. The number of nitrogens with two attached hydrogens (primary N) is 1. The molecule has 1 nitrogen and oxygen atoms in total. The number of hydrogen-bond donors (Lipinski definition) is 1. The molecule has 1 unspecified atom stereocenters. The van der Waals surface area contributed by atoms with Crippen LogP contribution in [-0.4, -0.2) is 0 Å². The van der Waals surface area contributed by atoms with Crippen molar-refractivity contribution < 1.29 is 0 Å². The van der Waals surface area contributed by atoms with Gasteiger partial charge >= 0.3 is 0 Å². The van der Waals surface area contributed by atoms with Crippen molar-refractivity contribution in [3.8, 4) is 0 Å². The van der Waals surface area contributed by atoms with Crippen LogP contribution in [0.4, 0.5) is 0 Å². The fraction of sp³-hybridized carbons (Fsp3) is 0.333. The van der Waals surface area contributed by atoms with Gasteiger partial charge in [-0.2, -0.15) is 0 Å². The predicted octanol–water partition coefficient (Wildman–Crippen LogP) is 4.24. The van der Waals surface area contributed by atoms with Crippen molar-refractivity contribution in [3.05, 3.63) is 70.3 Å². The van der Waals surface area contributed by atoms with Gasteiger partial charge in [-0.15, -0.1) is 0 Å². The summed E-state index contributed by atoms with van der Waals surface area (Å²) in [5.41, 5.74) is 13.1. The monoisotopic (exact) mass is 253 g/mol. The average molecular weight is 253 g/mol. The van der Waals surface area contributed by atoms with Crippen LogP contribution in [0, 0.1) is 20.8 Å². The zero-order valence-corrected chi connectivity index (χ0v) is 12.1. The maximum atomic E-state index is 6.36. The summed E-state index contributed by atoms with van der Waals surface area (Å²) in [6.45, 7) is 6.48. The predicted molar refractivity (Wildman–Crippen MR) is 82.3 cm³/mol. The van der Waals surface area contributed by atoms with Crippen molar-refractivity contribution in [2.24, 2.45) is 5.73 Å². The molecule has 0 heterocycles.